The maximum Gasteiger partial charge on any atom is 0.0969 e. The normalized spacial score (nSPS) is 11.8. The van der Waals surface area contributed by atoms with Gasteiger partial charge in [-0.1, -0.05) is 34.6 Å². The molecule has 24 heavy (non-hydrogen) atoms. The van der Waals surface area contributed by atoms with Crippen molar-refractivity contribution < 1.29 is 5.11 Å². The Morgan fingerprint density at radius 2 is 1.71 bits per heavy atom. The Bertz CT molecular complexity index is 569. The monoisotopic (exact) mass is 353 g/mol. The molecule has 5 heteroatoms. The van der Waals surface area contributed by atoms with E-state index in [2.05, 4.69) is 54.7 Å². The van der Waals surface area contributed by atoms with E-state index in [0.717, 1.165) is 22.5 Å². The lowest BCUT2D eigenvalue weighted by molar-refractivity contribution is 0.276. The Kier molecular flexibility index (Phi) is 9.30. The second-order valence-electron chi connectivity index (χ2n) is 7.03. The number of aromatic amines is 1. The molecule has 2 N–H and O–H groups in total. The third-order valence-electron chi connectivity index (χ3n) is 4.04. The SMILES string of the molecule is CC.CC(C)(C)S(C)(C)C.Cc1c(-c2cccnc2)n[nH]c1CO. The van der Waals surface area contributed by atoms with Crippen LogP contribution in [0.4, 0.5) is 0 Å². The lowest BCUT2D eigenvalue weighted by Crippen LogP contribution is -2.21. The van der Waals surface area contributed by atoms with E-state index >= 15 is 0 Å². The van der Waals surface area contributed by atoms with Crippen LogP contribution in [-0.2, 0) is 6.61 Å². The van der Waals surface area contributed by atoms with Gasteiger partial charge in [-0.2, -0.15) is 5.10 Å². The van der Waals surface area contributed by atoms with Gasteiger partial charge in [0.1, 0.15) is 0 Å². The molecule has 0 radical (unpaired) electrons. The van der Waals surface area contributed by atoms with E-state index in [1.54, 1.807) is 12.4 Å². The lowest BCUT2D eigenvalue weighted by Gasteiger charge is -2.40. The van der Waals surface area contributed by atoms with Crippen LogP contribution in [0.25, 0.3) is 11.3 Å². The summed E-state index contributed by atoms with van der Waals surface area (Å²) in [7, 11) is -0.340. The number of pyridine rings is 1. The first-order chi connectivity index (χ1) is 11.1. The molecule has 0 saturated carbocycles. The molecule has 0 spiro atoms. The Labute approximate surface area is 149 Å². The van der Waals surface area contributed by atoms with Gasteiger partial charge in [0.2, 0.25) is 0 Å². The third kappa shape index (κ3) is 6.65. The molecule has 2 aromatic rings. The van der Waals surface area contributed by atoms with Crippen molar-refractivity contribution in [3.05, 3.63) is 35.8 Å². The highest BCUT2D eigenvalue weighted by molar-refractivity contribution is 8.33. The van der Waals surface area contributed by atoms with Gasteiger partial charge in [0.25, 0.3) is 0 Å². The van der Waals surface area contributed by atoms with E-state index in [0.29, 0.717) is 4.75 Å². The number of nitrogens with one attached hydrogen (secondary N) is 1. The molecule has 0 aliphatic carbocycles. The van der Waals surface area contributed by atoms with Crippen molar-refractivity contribution in [3.8, 4) is 11.3 Å². The van der Waals surface area contributed by atoms with Gasteiger partial charge in [0.15, 0.2) is 0 Å². The van der Waals surface area contributed by atoms with Gasteiger partial charge in [-0.05, 0) is 42.6 Å². The van der Waals surface area contributed by atoms with E-state index < -0.39 is 0 Å². The molecule has 0 atom stereocenters. The quantitative estimate of drug-likeness (QED) is 0.817. The van der Waals surface area contributed by atoms with Crippen molar-refractivity contribution in [1.82, 2.24) is 15.2 Å². The first-order valence-electron chi connectivity index (χ1n) is 8.31. The number of aromatic nitrogens is 3. The standard InChI is InChI=1S/C10H11N3O.C7H18S.C2H6/c1-7-9(6-14)12-13-10(7)8-3-2-4-11-5-8;1-7(2,3)8(4,5)6;1-2/h2-5,14H,6H2,1H3,(H,12,13);1-6H3;1-2H3. The molecule has 2 aromatic heterocycles. The number of hydrogen-bond donors (Lipinski definition) is 2. The van der Waals surface area contributed by atoms with Gasteiger partial charge < -0.3 is 5.11 Å². The van der Waals surface area contributed by atoms with E-state index in [1.807, 2.05) is 32.9 Å². The van der Waals surface area contributed by atoms with Crippen molar-refractivity contribution in [2.24, 2.45) is 0 Å². The first-order valence-corrected chi connectivity index (χ1v) is 11.2. The molecular formula is C19H35N3OS. The molecule has 138 valence electrons. The summed E-state index contributed by atoms with van der Waals surface area (Å²) in [6, 6.07) is 3.80. The smallest absolute Gasteiger partial charge is 0.0969 e. The zero-order valence-corrected chi connectivity index (χ0v) is 17.6. The largest absolute Gasteiger partial charge is 0.390 e. The average Bonchev–Trinajstić information content (AvgIpc) is 2.89. The predicted molar refractivity (Wildman–Crippen MR) is 109 cm³/mol. The summed E-state index contributed by atoms with van der Waals surface area (Å²) in [6.07, 6.45) is 10.5. The molecule has 0 unspecified atom stereocenters. The average molecular weight is 354 g/mol. The maximum absolute atomic E-state index is 8.99. The maximum atomic E-state index is 8.99. The molecule has 0 aliphatic rings. The third-order valence-corrected chi connectivity index (χ3v) is 7.71. The molecule has 4 nitrogen and oxygen atoms in total. The van der Waals surface area contributed by atoms with Crippen LogP contribution in [0.3, 0.4) is 0 Å². The summed E-state index contributed by atoms with van der Waals surface area (Å²) < 4.78 is 0.521. The van der Waals surface area contributed by atoms with Crippen molar-refractivity contribution >= 4 is 10.0 Å². The molecule has 0 bridgehead atoms. The summed E-state index contributed by atoms with van der Waals surface area (Å²) in [4.78, 5) is 4.02. The summed E-state index contributed by atoms with van der Waals surface area (Å²) in [6.45, 7) is 12.8. The molecule has 0 amide bonds. The van der Waals surface area contributed by atoms with Crippen LogP contribution in [0.15, 0.2) is 24.5 Å². The summed E-state index contributed by atoms with van der Waals surface area (Å²) >= 11 is 0. The highest BCUT2D eigenvalue weighted by Gasteiger charge is 2.21. The van der Waals surface area contributed by atoms with Crippen LogP contribution in [-0.4, -0.2) is 43.8 Å². The van der Waals surface area contributed by atoms with Crippen LogP contribution in [0.1, 0.15) is 45.9 Å². The number of H-pyrrole nitrogens is 1. The minimum absolute atomic E-state index is 0.0148. The Hall–Kier alpha value is -1.33. The molecular weight excluding hydrogens is 318 g/mol. The van der Waals surface area contributed by atoms with Crippen molar-refractivity contribution in [3.63, 3.8) is 0 Å². The van der Waals surface area contributed by atoms with Crippen LogP contribution in [0.5, 0.6) is 0 Å². The van der Waals surface area contributed by atoms with Gasteiger partial charge in [0.05, 0.1) is 18.0 Å². The molecule has 0 aromatic carbocycles. The van der Waals surface area contributed by atoms with Crippen LogP contribution < -0.4 is 0 Å². The van der Waals surface area contributed by atoms with E-state index in [4.69, 9.17) is 5.11 Å². The zero-order chi connectivity index (χ0) is 19.0. The topological polar surface area (TPSA) is 61.8 Å². The van der Waals surface area contributed by atoms with Crippen molar-refractivity contribution in [1.29, 1.82) is 0 Å². The fourth-order valence-corrected chi connectivity index (χ4v) is 1.37. The van der Waals surface area contributed by atoms with Gasteiger partial charge >= 0.3 is 0 Å². The van der Waals surface area contributed by atoms with Crippen LogP contribution >= 0.6 is 10.0 Å². The molecule has 0 saturated heterocycles. The van der Waals surface area contributed by atoms with Crippen LogP contribution in [0.2, 0.25) is 0 Å². The number of aliphatic hydroxyl groups is 1. The van der Waals surface area contributed by atoms with Gasteiger partial charge in [-0.25, -0.2) is 10.0 Å². The second kappa shape index (κ2) is 9.84. The van der Waals surface area contributed by atoms with Crippen molar-refractivity contribution in [2.75, 3.05) is 18.8 Å². The van der Waals surface area contributed by atoms with E-state index in [1.165, 1.54) is 0 Å². The van der Waals surface area contributed by atoms with Gasteiger partial charge in [-0.15, -0.1) is 0 Å². The molecule has 2 heterocycles. The number of rotatable bonds is 2. The highest BCUT2D eigenvalue weighted by atomic mass is 32.3. The molecule has 2 rings (SSSR count). The summed E-state index contributed by atoms with van der Waals surface area (Å²) in [5, 5.41) is 15.9. The highest BCUT2D eigenvalue weighted by Crippen LogP contribution is 2.48. The van der Waals surface area contributed by atoms with Crippen LogP contribution in [0, 0.1) is 6.92 Å². The lowest BCUT2D eigenvalue weighted by atomic mass is 10.1. The summed E-state index contributed by atoms with van der Waals surface area (Å²) in [5.41, 5.74) is 3.53. The van der Waals surface area contributed by atoms with E-state index in [9.17, 15) is 0 Å². The fourth-order valence-electron chi connectivity index (χ4n) is 1.37. The zero-order valence-electron chi connectivity index (χ0n) is 16.8. The summed E-state index contributed by atoms with van der Waals surface area (Å²) in [5.74, 6) is 0. The minimum Gasteiger partial charge on any atom is -0.390 e. The van der Waals surface area contributed by atoms with Gasteiger partial charge in [-0.3, -0.25) is 10.1 Å². The fraction of sp³-hybridized carbons (Fsp3) is 0.579. The Morgan fingerprint density at radius 1 is 1.17 bits per heavy atom. The second-order valence-corrected chi connectivity index (χ2v) is 11.9. The number of aliphatic hydroxyl groups excluding tert-OH is 1. The number of hydrogen-bond acceptors (Lipinski definition) is 3. The molecule has 0 aliphatic heterocycles. The first kappa shape index (κ1) is 22.7. The van der Waals surface area contributed by atoms with E-state index in [-0.39, 0.29) is 16.6 Å². The number of nitrogens with zero attached hydrogens (tertiary/aromatic N) is 2. The molecule has 0 fully saturated rings. The Balaban J connectivity index is 0.000000456. The van der Waals surface area contributed by atoms with Crippen molar-refractivity contribution in [2.45, 2.75) is 52.9 Å². The Morgan fingerprint density at radius 3 is 2.04 bits per heavy atom. The van der Waals surface area contributed by atoms with Gasteiger partial charge in [0, 0.05) is 23.5 Å². The predicted octanol–water partition coefficient (Wildman–Crippen LogP) is 4.78. The minimum atomic E-state index is -0.340.